The Morgan fingerprint density at radius 1 is 1.23 bits per heavy atom. The van der Waals surface area contributed by atoms with Crippen LogP contribution >= 0.6 is 0 Å². The predicted octanol–water partition coefficient (Wildman–Crippen LogP) is 2.51. The normalized spacial score (nSPS) is 33.5. The molecule has 22 heavy (non-hydrogen) atoms. The van der Waals surface area contributed by atoms with Crippen molar-refractivity contribution in [2.24, 2.45) is 5.92 Å². The summed E-state index contributed by atoms with van der Waals surface area (Å²) >= 11 is 0. The number of hydrogen-bond donors (Lipinski definition) is 1. The van der Waals surface area contributed by atoms with E-state index in [-0.39, 0.29) is 0 Å². The van der Waals surface area contributed by atoms with E-state index in [9.17, 15) is 5.11 Å². The molecular formula is C17H30N4O. The highest BCUT2D eigenvalue weighted by Crippen LogP contribution is 2.40. The Hall–Kier alpha value is -0.940. The average molecular weight is 306 g/mol. The summed E-state index contributed by atoms with van der Waals surface area (Å²) < 4.78 is 2.20. The van der Waals surface area contributed by atoms with E-state index in [0.29, 0.717) is 12.0 Å². The van der Waals surface area contributed by atoms with Gasteiger partial charge in [-0.25, -0.2) is 0 Å². The molecule has 1 aliphatic carbocycles. The van der Waals surface area contributed by atoms with Gasteiger partial charge >= 0.3 is 0 Å². The third-order valence-electron chi connectivity index (χ3n) is 5.80. The van der Waals surface area contributed by atoms with Crippen LogP contribution in [0.15, 0.2) is 0 Å². The summed E-state index contributed by atoms with van der Waals surface area (Å²) in [6, 6.07) is 0.498. The molecule has 124 valence electrons. The van der Waals surface area contributed by atoms with Crippen LogP contribution in [0, 0.1) is 12.8 Å². The van der Waals surface area contributed by atoms with Gasteiger partial charge in [0.1, 0.15) is 11.6 Å². The Kier molecular flexibility index (Phi) is 4.55. The molecule has 0 spiro atoms. The zero-order valence-electron chi connectivity index (χ0n) is 14.3. The molecule has 0 unspecified atom stereocenters. The van der Waals surface area contributed by atoms with Gasteiger partial charge in [-0.1, -0.05) is 12.8 Å². The lowest BCUT2D eigenvalue weighted by molar-refractivity contribution is -0.0632. The van der Waals surface area contributed by atoms with E-state index in [4.69, 9.17) is 0 Å². The van der Waals surface area contributed by atoms with Crippen molar-refractivity contribution in [2.75, 3.05) is 6.54 Å². The van der Waals surface area contributed by atoms with Crippen molar-refractivity contribution in [2.45, 2.75) is 84.0 Å². The van der Waals surface area contributed by atoms with Crippen molar-refractivity contribution < 1.29 is 5.11 Å². The minimum Gasteiger partial charge on any atom is -0.390 e. The Morgan fingerprint density at radius 3 is 2.77 bits per heavy atom. The van der Waals surface area contributed by atoms with Crippen LogP contribution in [0.5, 0.6) is 0 Å². The Morgan fingerprint density at radius 2 is 2.05 bits per heavy atom. The first kappa shape index (κ1) is 15.9. The highest BCUT2D eigenvalue weighted by Gasteiger charge is 2.43. The summed E-state index contributed by atoms with van der Waals surface area (Å²) in [5, 5.41) is 19.4. The van der Waals surface area contributed by atoms with Crippen LogP contribution in [0.1, 0.15) is 64.0 Å². The zero-order valence-corrected chi connectivity index (χ0v) is 14.3. The summed E-state index contributed by atoms with van der Waals surface area (Å²) in [5.74, 6) is 2.48. The van der Waals surface area contributed by atoms with Gasteiger partial charge in [-0.05, 0) is 53.0 Å². The van der Waals surface area contributed by atoms with Gasteiger partial charge in [0.05, 0.1) is 12.1 Å². The summed E-state index contributed by atoms with van der Waals surface area (Å²) in [5.41, 5.74) is -0.500. The van der Waals surface area contributed by atoms with E-state index in [2.05, 4.69) is 26.6 Å². The van der Waals surface area contributed by atoms with Gasteiger partial charge in [0, 0.05) is 18.5 Å². The molecule has 0 aromatic carbocycles. The second-order valence-electron chi connectivity index (χ2n) is 7.30. The van der Waals surface area contributed by atoms with Crippen LogP contribution in [-0.2, 0) is 13.1 Å². The zero-order chi connectivity index (χ0) is 15.7. The lowest BCUT2D eigenvalue weighted by Crippen LogP contribution is -2.48. The summed E-state index contributed by atoms with van der Waals surface area (Å²) in [7, 11) is 0. The summed E-state index contributed by atoms with van der Waals surface area (Å²) in [6.45, 7) is 9.12. The smallest absolute Gasteiger partial charge is 0.147 e. The first-order valence-corrected chi connectivity index (χ1v) is 8.88. The lowest BCUT2D eigenvalue weighted by atomic mass is 9.72. The molecule has 2 aliphatic rings. The minimum absolute atomic E-state index is 0.405. The van der Waals surface area contributed by atoms with Gasteiger partial charge < -0.3 is 9.67 Å². The second kappa shape index (κ2) is 6.28. The molecular weight excluding hydrogens is 276 g/mol. The maximum Gasteiger partial charge on any atom is 0.147 e. The van der Waals surface area contributed by atoms with Gasteiger partial charge in [0.15, 0.2) is 0 Å². The molecule has 0 radical (unpaired) electrons. The van der Waals surface area contributed by atoms with Crippen LogP contribution < -0.4 is 0 Å². The summed E-state index contributed by atoms with van der Waals surface area (Å²) in [4.78, 5) is 2.54. The molecule has 5 nitrogen and oxygen atoms in total. The maximum atomic E-state index is 10.8. The number of rotatable bonds is 4. The molecule has 2 heterocycles. The van der Waals surface area contributed by atoms with Crippen LogP contribution in [0.2, 0.25) is 0 Å². The number of aliphatic hydroxyl groups is 1. The van der Waals surface area contributed by atoms with Crippen molar-refractivity contribution in [3.05, 3.63) is 11.6 Å². The number of hydrogen-bond acceptors (Lipinski definition) is 4. The highest BCUT2D eigenvalue weighted by atomic mass is 16.3. The molecule has 1 aliphatic heterocycles. The fraction of sp³-hybridized carbons (Fsp3) is 0.882. The largest absolute Gasteiger partial charge is 0.390 e. The van der Waals surface area contributed by atoms with E-state index >= 15 is 0 Å². The molecule has 1 saturated heterocycles. The summed E-state index contributed by atoms with van der Waals surface area (Å²) in [6.07, 6.45) is 6.98. The third kappa shape index (κ3) is 2.93. The monoisotopic (exact) mass is 306 g/mol. The standard InChI is InChI=1S/C17H30N4O/c1-4-21-13(2)18-19-16(21)12-20-11-7-9-15(20)14-8-5-6-10-17(14,3)22/h14-15,22H,4-12H2,1-3H3/t14-,15-,17+/m1/s1. The molecule has 3 rings (SSSR count). The van der Waals surface area contributed by atoms with Gasteiger partial charge in [0.2, 0.25) is 0 Å². The van der Waals surface area contributed by atoms with Crippen molar-refractivity contribution in [3.63, 3.8) is 0 Å². The molecule has 5 heteroatoms. The topological polar surface area (TPSA) is 54.2 Å². The van der Waals surface area contributed by atoms with E-state index in [1.165, 1.54) is 25.7 Å². The molecule has 3 atom stereocenters. The Bertz CT molecular complexity index is 511. The quantitative estimate of drug-likeness (QED) is 0.928. The van der Waals surface area contributed by atoms with E-state index in [1.54, 1.807) is 0 Å². The molecule has 1 N–H and O–H groups in total. The maximum absolute atomic E-state index is 10.8. The average Bonchev–Trinajstić information content (AvgIpc) is 3.06. The van der Waals surface area contributed by atoms with Crippen molar-refractivity contribution in [3.8, 4) is 0 Å². The third-order valence-corrected chi connectivity index (χ3v) is 5.80. The van der Waals surface area contributed by atoms with E-state index in [1.807, 2.05) is 13.8 Å². The van der Waals surface area contributed by atoms with Gasteiger partial charge in [-0.15, -0.1) is 10.2 Å². The predicted molar refractivity (Wildman–Crippen MR) is 86.4 cm³/mol. The molecule has 1 aromatic heterocycles. The number of aryl methyl sites for hydroxylation is 1. The molecule has 2 fully saturated rings. The van der Waals surface area contributed by atoms with Gasteiger partial charge in [-0.3, -0.25) is 4.90 Å². The molecule has 1 saturated carbocycles. The Labute approximate surface area is 133 Å². The number of aromatic nitrogens is 3. The SMILES string of the molecule is CCn1c(C)nnc1CN1CCC[C@@H]1[C@H]1CCCC[C@]1(C)O. The van der Waals surface area contributed by atoms with Crippen molar-refractivity contribution in [1.82, 2.24) is 19.7 Å². The first-order chi connectivity index (χ1) is 10.5. The second-order valence-corrected chi connectivity index (χ2v) is 7.30. The number of nitrogens with zero attached hydrogens (tertiary/aromatic N) is 4. The fourth-order valence-electron chi connectivity index (χ4n) is 4.59. The molecule has 0 bridgehead atoms. The minimum atomic E-state index is -0.500. The number of likely N-dealkylation sites (tertiary alicyclic amines) is 1. The molecule has 0 amide bonds. The Balaban J connectivity index is 1.75. The fourth-order valence-corrected chi connectivity index (χ4v) is 4.59. The molecule has 1 aromatic rings. The van der Waals surface area contributed by atoms with Crippen molar-refractivity contribution >= 4 is 0 Å². The van der Waals surface area contributed by atoms with Crippen molar-refractivity contribution in [1.29, 1.82) is 0 Å². The van der Waals surface area contributed by atoms with Crippen LogP contribution in [-0.4, -0.2) is 43.0 Å². The first-order valence-electron chi connectivity index (χ1n) is 8.88. The van der Waals surface area contributed by atoms with Gasteiger partial charge in [-0.2, -0.15) is 0 Å². The van der Waals surface area contributed by atoms with Crippen LogP contribution in [0.4, 0.5) is 0 Å². The lowest BCUT2D eigenvalue weighted by Gasteiger charge is -2.43. The van der Waals surface area contributed by atoms with E-state index < -0.39 is 5.60 Å². The van der Waals surface area contributed by atoms with E-state index in [0.717, 1.165) is 44.1 Å². The van der Waals surface area contributed by atoms with Gasteiger partial charge in [0.25, 0.3) is 0 Å². The van der Waals surface area contributed by atoms with Crippen LogP contribution in [0.25, 0.3) is 0 Å². The highest BCUT2D eigenvalue weighted by molar-refractivity contribution is 5.00. The van der Waals surface area contributed by atoms with Crippen LogP contribution in [0.3, 0.4) is 0 Å².